The minimum absolute atomic E-state index is 0.236. The average Bonchev–Trinajstić information content (AvgIpc) is 2.67. The molecule has 1 heterocycles. The molecule has 27 heavy (non-hydrogen) atoms. The maximum absolute atomic E-state index is 12.7. The molecule has 1 N–H and O–H groups in total. The van der Waals surface area contributed by atoms with Gasteiger partial charge < -0.3 is 5.32 Å². The fourth-order valence-corrected chi connectivity index (χ4v) is 4.29. The molecule has 0 aliphatic carbocycles. The standard InChI is InChI=1S/C20H25N3O3S/c1-5-20(24)22-14-16-8-11-19(21-13-16)18-10-9-17(12-15(18)4)27(25,26)23(6-2)7-3/h5,8-13H,1,6-7,14H2,2-4H3,(H,22,24). The highest BCUT2D eigenvalue weighted by Crippen LogP contribution is 2.26. The van der Waals surface area contributed by atoms with Gasteiger partial charge >= 0.3 is 0 Å². The van der Waals surface area contributed by atoms with Gasteiger partial charge in [0.1, 0.15) is 0 Å². The fraction of sp³-hybridized carbons (Fsp3) is 0.300. The van der Waals surface area contributed by atoms with Crippen LogP contribution in [0.2, 0.25) is 0 Å². The largest absolute Gasteiger partial charge is 0.348 e. The number of nitrogens with one attached hydrogen (secondary N) is 1. The zero-order valence-corrected chi connectivity index (χ0v) is 16.7. The number of hydrogen-bond acceptors (Lipinski definition) is 4. The number of nitrogens with zero attached hydrogens (tertiary/aromatic N) is 2. The van der Waals surface area contributed by atoms with E-state index in [4.69, 9.17) is 0 Å². The van der Waals surface area contributed by atoms with E-state index in [9.17, 15) is 13.2 Å². The summed E-state index contributed by atoms with van der Waals surface area (Å²) in [7, 11) is -3.48. The first kappa shape index (κ1) is 20.8. The van der Waals surface area contributed by atoms with E-state index in [-0.39, 0.29) is 10.8 Å². The average molecular weight is 388 g/mol. The molecular formula is C20H25N3O3S. The molecule has 0 fully saturated rings. The number of aryl methyl sites for hydroxylation is 1. The van der Waals surface area contributed by atoms with E-state index >= 15 is 0 Å². The van der Waals surface area contributed by atoms with Gasteiger partial charge in [-0.05, 0) is 42.3 Å². The first-order chi connectivity index (χ1) is 12.8. The number of hydrogen-bond donors (Lipinski definition) is 1. The molecule has 1 aromatic carbocycles. The summed E-state index contributed by atoms with van der Waals surface area (Å²) in [5, 5.41) is 2.70. The van der Waals surface area contributed by atoms with E-state index in [0.29, 0.717) is 19.6 Å². The van der Waals surface area contributed by atoms with Crippen molar-refractivity contribution in [3.05, 3.63) is 60.3 Å². The Morgan fingerprint density at radius 2 is 1.93 bits per heavy atom. The molecule has 0 radical (unpaired) electrons. The third kappa shape index (κ3) is 4.81. The van der Waals surface area contributed by atoms with Crippen molar-refractivity contribution in [2.75, 3.05) is 13.1 Å². The van der Waals surface area contributed by atoms with Crippen molar-refractivity contribution in [1.82, 2.24) is 14.6 Å². The molecule has 2 aromatic rings. The summed E-state index contributed by atoms with van der Waals surface area (Å²) in [6.45, 7) is 10.2. The van der Waals surface area contributed by atoms with Gasteiger partial charge in [0.25, 0.3) is 0 Å². The van der Waals surface area contributed by atoms with E-state index in [2.05, 4.69) is 16.9 Å². The highest BCUT2D eigenvalue weighted by atomic mass is 32.2. The van der Waals surface area contributed by atoms with Gasteiger partial charge in [0.15, 0.2) is 0 Å². The molecule has 0 atom stereocenters. The fourth-order valence-electron chi connectivity index (χ4n) is 2.75. The van der Waals surface area contributed by atoms with Crippen molar-refractivity contribution in [3.63, 3.8) is 0 Å². The Bertz CT molecular complexity index is 918. The molecule has 6 nitrogen and oxygen atoms in total. The minimum atomic E-state index is -3.48. The first-order valence-electron chi connectivity index (χ1n) is 8.79. The van der Waals surface area contributed by atoms with Crippen LogP contribution >= 0.6 is 0 Å². The zero-order valence-electron chi connectivity index (χ0n) is 15.9. The van der Waals surface area contributed by atoms with Crippen LogP contribution in [0.3, 0.4) is 0 Å². The van der Waals surface area contributed by atoms with Crippen LogP contribution in [0, 0.1) is 6.92 Å². The van der Waals surface area contributed by atoms with Crippen LogP contribution in [0.4, 0.5) is 0 Å². The van der Waals surface area contributed by atoms with Crippen molar-refractivity contribution < 1.29 is 13.2 Å². The number of aromatic nitrogens is 1. The quantitative estimate of drug-likeness (QED) is 0.707. The second-order valence-corrected chi connectivity index (χ2v) is 7.98. The van der Waals surface area contributed by atoms with Crippen molar-refractivity contribution >= 4 is 15.9 Å². The Labute approximate surface area is 161 Å². The Balaban J connectivity index is 2.25. The van der Waals surface area contributed by atoms with Gasteiger partial charge in [-0.1, -0.05) is 32.6 Å². The molecule has 7 heteroatoms. The maximum Gasteiger partial charge on any atom is 0.243 e. The Morgan fingerprint density at radius 1 is 1.22 bits per heavy atom. The number of sulfonamides is 1. The summed E-state index contributed by atoms with van der Waals surface area (Å²) in [4.78, 5) is 15.9. The molecule has 144 valence electrons. The van der Waals surface area contributed by atoms with Gasteiger partial charge in [-0.15, -0.1) is 0 Å². The SMILES string of the molecule is C=CC(=O)NCc1ccc(-c2ccc(S(=O)(=O)N(CC)CC)cc2C)nc1. The van der Waals surface area contributed by atoms with Gasteiger partial charge in [-0.2, -0.15) is 4.31 Å². The smallest absolute Gasteiger partial charge is 0.243 e. The van der Waals surface area contributed by atoms with E-state index in [1.807, 2.05) is 32.9 Å². The predicted molar refractivity (Wildman–Crippen MR) is 107 cm³/mol. The molecule has 0 bridgehead atoms. The molecule has 1 amide bonds. The molecule has 0 saturated carbocycles. The van der Waals surface area contributed by atoms with Gasteiger partial charge in [-0.25, -0.2) is 8.42 Å². The van der Waals surface area contributed by atoms with Gasteiger partial charge in [0.2, 0.25) is 15.9 Å². The van der Waals surface area contributed by atoms with Crippen LogP contribution in [0.1, 0.15) is 25.0 Å². The number of pyridine rings is 1. The van der Waals surface area contributed by atoms with Crippen LogP contribution in [-0.4, -0.2) is 36.7 Å². The maximum atomic E-state index is 12.7. The van der Waals surface area contributed by atoms with Crippen LogP contribution in [0.15, 0.2) is 54.1 Å². The third-order valence-corrected chi connectivity index (χ3v) is 6.34. The topological polar surface area (TPSA) is 79.4 Å². The van der Waals surface area contributed by atoms with Crippen molar-refractivity contribution in [3.8, 4) is 11.3 Å². The van der Waals surface area contributed by atoms with E-state index in [1.165, 1.54) is 10.4 Å². The minimum Gasteiger partial charge on any atom is -0.348 e. The van der Waals surface area contributed by atoms with Gasteiger partial charge in [-0.3, -0.25) is 9.78 Å². The highest BCUT2D eigenvalue weighted by Gasteiger charge is 2.22. The van der Waals surface area contributed by atoms with Crippen LogP contribution in [0.25, 0.3) is 11.3 Å². The molecule has 0 spiro atoms. The molecule has 0 aliphatic heterocycles. The number of rotatable bonds is 8. The Hall–Kier alpha value is -2.51. The second kappa shape index (κ2) is 8.92. The number of carbonyl (C=O) groups excluding carboxylic acids is 1. The van der Waals surface area contributed by atoms with Crippen molar-refractivity contribution in [1.29, 1.82) is 0 Å². The number of carbonyl (C=O) groups is 1. The highest BCUT2D eigenvalue weighted by molar-refractivity contribution is 7.89. The summed E-state index contributed by atoms with van der Waals surface area (Å²) < 4.78 is 26.8. The van der Waals surface area contributed by atoms with Crippen LogP contribution in [-0.2, 0) is 21.4 Å². The lowest BCUT2D eigenvalue weighted by molar-refractivity contribution is -0.116. The summed E-state index contributed by atoms with van der Waals surface area (Å²) in [6.07, 6.45) is 2.91. The van der Waals surface area contributed by atoms with Gasteiger partial charge in [0, 0.05) is 31.4 Å². The van der Waals surface area contributed by atoms with E-state index in [0.717, 1.165) is 22.4 Å². The Morgan fingerprint density at radius 3 is 2.44 bits per heavy atom. The zero-order chi connectivity index (χ0) is 20.0. The summed E-state index contributed by atoms with van der Waals surface area (Å²) in [6, 6.07) is 8.83. The monoisotopic (exact) mass is 387 g/mol. The molecule has 0 saturated heterocycles. The summed E-state index contributed by atoms with van der Waals surface area (Å²) in [5.41, 5.74) is 3.32. The van der Waals surface area contributed by atoms with E-state index < -0.39 is 10.0 Å². The molecular weight excluding hydrogens is 362 g/mol. The number of benzene rings is 1. The summed E-state index contributed by atoms with van der Waals surface area (Å²) >= 11 is 0. The number of amides is 1. The molecule has 1 aromatic heterocycles. The first-order valence-corrected chi connectivity index (χ1v) is 10.2. The predicted octanol–water partition coefficient (Wildman–Crippen LogP) is 2.89. The lowest BCUT2D eigenvalue weighted by atomic mass is 10.0. The summed E-state index contributed by atoms with van der Waals surface area (Å²) in [5.74, 6) is -0.236. The molecule has 2 rings (SSSR count). The van der Waals surface area contributed by atoms with E-state index in [1.54, 1.807) is 24.4 Å². The lowest BCUT2D eigenvalue weighted by Gasteiger charge is -2.19. The Kier molecular flexibility index (Phi) is 6.87. The third-order valence-electron chi connectivity index (χ3n) is 4.29. The van der Waals surface area contributed by atoms with Crippen LogP contribution < -0.4 is 5.32 Å². The normalized spacial score (nSPS) is 11.4. The molecule has 0 unspecified atom stereocenters. The van der Waals surface area contributed by atoms with Crippen molar-refractivity contribution in [2.45, 2.75) is 32.2 Å². The van der Waals surface area contributed by atoms with Gasteiger partial charge in [0.05, 0.1) is 10.6 Å². The van der Waals surface area contributed by atoms with Crippen molar-refractivity contribution in [2.24, 2.45) is 0 Å². The molecule has 0 aliphatic rings. The lowest BCUT2D eigenvalue weighted by Crippen LogP contribution is -2.30. The van der Waals surface area contributed by atoms with Crippen LogP contribution in [0.5, 0.6) is 0 Å². The second-order valence-electron chi connectivity index (χ2n) is 6.04.